The smallest absolute Gasteiger partial charge is 0.0991 e. The highest BCUT2D eigenvalue weighted by Crippen LogP contribution is 2.41. The Morgan fingerprint density at radius 1 is 0.340 bits per heavy atom. The van der Waals surface area contributed by atoms with E-state index in [2.05, 4.69) is 169 Å². The van der Waals surface area contributed by atoms with Gasteiger partial charge in [0.25, 0.3) is 0 Å². The third-order valence-electron chi connectivity index (χ3n) is 10.1. The Morgan fingerprint density at radius 3 is 1.09 bits per heavy atom. The van der Waals surface area contributed by atoms with Crippen LogP contribution in [0, 0.1) is 11.3 Å². The summed E-state index contributed by atoms with van der Waals surface area (Å²) >= 11 is 3.70. The van der Waals surface area contributed by atoms with E-state index < -0.39 is 0 Å². The van der Waals surface area contributed by atoms with Gasteiger partial charge in [-0.25, -0.2) is 0 Å². The fourth-order valence-corrected chi connectivity index (χ4v) is 9.58. The minimum absolute atomic E-state index is 0.663. The number of hydrogen-bond donors (Lipinski definition) is 0. The van der Waals surface area contributed by atoms with Crippen LogP contribution in [0.1, 0.15) is 5.56 Å². The maximum atomic E-state index is 9.26. The Balaban J connectivity index is 1.02. The van der Waals surface area contributed by atoms with Gasteiger partial charge in [0.05, 0.1) is 11.6 Å². The van der Waals surface area contributed by atoms with Crippen molar-refractivity contribution >= 4 is 80.1 Å². The molecular formula is C49H30N2S2. The topological polar surface area (TPSA) is 27.0 Å². The Bertz CT molecular complexity index is 2820. The van der Waals surface area contributed by atoms with Gasteiger partial charge in [-0.3, -0.25) is 0 Å². The number of anilines is 3. The number of benzene rings is 8. The third kappa shape index (κ3) is 5.64. The standard InChI is InChI=1S/C49H30N2S2/c50-31-32-9-11-33(12-10-32)34-13-21-39(22-14-34)51(40-23-15-35(16-24-40)37-19-27-48-44(29-37)42-5-1-3-7-46(42)52-48)41-25-17-36(18-26-41)38-20-28-49-45(30-38)43-6-2-4-8-47(43)53-49/h1-30H. The SMILES string of the molecule is N#Cc1ccc(-c2ccc(N(c3ccc(-c4ccc5sc6ccccc6c5c4)cc3)c3ccc(-c4ccc5sc6ccccc6c5c4)cc3)cc2)cc1. The number of rotatable bonds is 6. The monoisotopic (exact) mass is 710 g/mol. The Hall–Kier alpha value is -6.51. The Labute approximate surface area is 315 Å². The minimum atomic E-state index is 0.663. The summed E-state index contributed by atoms with van der Waals surface area (Å²) in [5, 5.41) is 14.5. The van der Waals surface area contributed by atoms with Crippen molar-refractivity contribution < 1.29 is 0 Å². The van der Waals surface area contributed by atoms with Crippen LogP contribution in [-0.2, 0) is 0 Å². The lowest BCUT2D eigenvalue weighted by Gasteiger charge is -2.26. The molecule has 4 heteroatoms. The molecule has 53 heavy (non-hydrogen) atoms. The highest BCUT2D eigenvalue weighted by atomic mass is 32.1. The van der Waals surface area contributed by atoms with Crippen molar-refractivity contribution in [3.05, 3.63) is 188 Å². The molecule has 0 saturated heterocycles. The van der Waals surface area contributed by atoms with E-state index in [1.165, 1.54) is 62.6 Å². The first-order chi connectivity index (χ1) is 26.2. The van der Waals surface area contributed by atoms with Crippen LogP contribution >= 0.6 is 22.7 Å². The van der Waals surface area contributed by atoms with Crippen LogP contribution in [0.3, 0.4) is 0 Å². The van der Waals surface area contributed by atoms with Gasteiger partial charge in [0.1, 0.15) is 0 Å². The predicted octanol–water partition coefficient (Wildman–Crippen LogP) is 14.8. The summed E-state index contributed by atoms with van der Waals surface area (Å²) < 4.78 is 5.27. The van der Waals surface area contributed by atoms with Crippen molar-refractivity contribution in [1.82, 2.24) is 0 Å². The van der Waals surface area contributed by atoms with Crippen molar-refractivity contribution in [2.24, 2.45) is 0 Å². The molecule has 0 unspecified atom stereocenters. The lowest BCUT2D eigenvalue weighted by molar-refractivity contribution is 1.28. The van der Waals surface area contributed by atoms with Crippen LogP contribution in [-0.4, -0.2) is 0 Å². The van der Waals surface area contributed by atoms with Gasteiger partial charge in [-0.05, 0) is 118 Å². The Kier molecular flexibility index (Phi) is 7.61. The average Bonchev–Trinajstić information content (AvgIpc) is 3.79. The molecule has 0 aliphatic heterocycles. The van der Waals surface area contributed by atoms with Gasteiger partial charge in [-0.1, -0.05) is 97.1 Å². The van der Waals surface area contributed by atoms with Crippen LogP contribution < -0.4 is 4.90 Å². The molecule has 248 valence electrons. The molecule has 0 bridgehead atoms. The molecule has 0 amide bonds. The van der Waals surface area contributed by atoms with Crippen LogP contribution in [0.25, 0.3) is 73.7 Å². The van der Waals surface area contributed by atoms with Crippen molar-refractivity contribution in [3.8, 4) is 39.4 Å². The van der Waals surface area contributed by atoms with Crippen molar-refractivity contribution in [2.45, 2.75) is 0 Å². The van der Waals surface area contributed by atoms with Gasteiger partial charge >= 0.3 is 0 Å². The molecule has 0 spiro atoms. The quantitative estimate of drug-likeness (QED) is 0.172. The van der Waals surface area contributed by atoms with Gasteiger partial charge in [0.2, 0.25) is 0 Å². The highest BCUT2D eigenvalue weighted by molar-refractivity contribution is 7.26. The predicted molar refractivity (Wildman–Crippen MR) is 228 cm³/mol. The molecule has 0 aliphatic carbocycles. The number of hydrogen-bond acceptors (Lipinski definition) is 4. The molecule has 10 aromatic rings. The minimum Gasteiger partial charge on any atom is -0.311 e. The molecule has 2 heterocycles. The van der Waals surface area contributed by atoms with Gasteiger partial charge < -0.3 is 4.90 Å². The van der Waals surface area contributed by atoms with Crippen molar-refractivity contribution in [3.63, 3.8) is 0 Å². The van der Waals surface area contributed by atoms with E-state index in [0.717, 1.165) is 28.2 Å². The lowest BCUT2D eigenvalue weighted by atomic mass is 10.0. The van der Waals surface area contributed by atoms with E-state index in [4.69, 9.17) is 0 Å². The molecule has 0 aliphatic rings. The largest absolute Gasteiger partial charge is 0.311 e. The summed E-state index contributed by atoms with van der Waals surface area (Å²) in [5.74, 6) is 0. The van der Waals surface area contributed by atoms with Gasteiger partial charge in [0, 0.05) is 57.4 Å². The molecule has 0 fully saturated rings. The number of fused-ring (bicyclic) bond motifs is 6. The first kappa shape index (κ1) is 31.2. The summed E-state index contributed by atoms with van der Waals surface area (Å²) in [6, 6.07) is 67.5. The fourth-order valence-electron chi connectivity index (χ4n) is 7.40. The van der Waals surface area contributed by atoms with Crippen LogP contribution in [0.5, 0.6) is 0 Å². The normalized spacial score (nSPS) is 11.4. The van der Waals surface area contributed by atoms with Crippen LogP contribution in [0.15, 0.2) is 182 Å². The maximum absolute atomic E-state index is 9.26. The van der Waals surface area contributed by atoms with E-state index in [0.29, 0.717) is 5.56 Å². The molecule has 8 aromatic carbocycles. The first-order valence-corrected chi connectivity index (χ1v) is 19.3. The molecule has 0 radical (unpaired) electrons. The number of nitrogens with zero attached hydrogens (tertiary/aromatic N) is 2. The van der Waals surface area contributed by atoms with E-state index in [1.807, 2.05) is 46.9 Å². The zero-order valence-corrected chi connectivity index (χ0v) is 30.2. The maximum Gasteiger partial charge on any atom is 0.0991 e. The molecular weight excluding hydrogens is 681 g/mol. The summed E-state index contributed by atoms with van der Waals surface area (Å²) in [4.78, 5) is 2.32. The van der Waals surface area contributed by atoms with E-state index in [-0.39, 0.29) is 0 Å². The zero-order chi connectivity index (χ0) is 35.3. The molecule has 0 N–H and O–H groups in total. The van der Waals surface area contributed by atoms with Crippen LogP contribution in [0.4, 0.5) is 17.1 Å². The van der Waals surface area contributed by atoms with E-state index in [1.54, 1.807) is 0 Å². The molecule has 0 atom stereocenters. The van der Waals surface area contributed by atoms with Crippen molar-refractivity contribution in [2.75, 3.05) is 4.90 Å². The van der Waals surface area contributed by atoms with E-state index >= 15 is 0 Å². The summed E-state index contributed by atoms with van der Waals surface area (Å²) in [6.07, 6.45) is 0. The third-order valence-corrected chi connectivity index (χ3v) is 12.4. The fraction of sp³-hybridized carbons (Fsp3) is 0. The van der Waals surface area contributed by atoms with Gasteiger partial charge in [-0.2, -0.15) is 5.26 Å². The second-order valence-electron chi connectivity index (χ2n) is 13.3. The summed E-state index contributed by atoms with van der Waals surface area (Å²) in [6.45, 7) is 0. The van der Waals surface area contributed by atoms with Gasteiger partial charge in [-0.15, -0.1) is 22.7 Å². The second kappa shape index (κ2) is 12.9. The second-order valence-corrected chi connectivity index (χ2v) is 15.5. The highest BCUT2D eigenvalue weighted by Gasteiger charge is 2.15. The summed E-state index contributed by atoms with van der Waals surface area (Å²) in [5.41, 5.74) is 10.9. The molecule has 10 rings (SSSR count). The summed E-state index contributed by atoms with van der Waals surface area (Å²) in [7, 11) is 0. The first-order valence-electron chi connectivity index (χ1n) is 17.6. The molecule has 2 nitrogen and oxygen atoms in total. The zero-order valence-electron chi connectivity index (χ0n) is 28.5. The lowest BCUT2D eigenvalue weighted by Crippen LogP contribution is -2.09. The Morgan fingerprint density at radius 2 is 0.679 bits per heavy atom. The van der Waals surface area contributed by atoms with E-state index in [9.17, 15) is 5.26 Å². The number of thiophene rings is 2. The average molecular weight is 711 g/mol. The number of nitriles is 1. The van der Waals surface area contributed by atoms with Crippen molar-refractivity contribution in [1.29, 1.82) is 5.26 Å². The van der Waals surface area contributed by atoms with Gasteiger partial charge in [0.15, 0.2) is 0 Å². The molecule has 2 aromatic heterocycles. The molecule has 0 saturated carbocycles. The van der Waals surface area contributed by atoms with Crippen LogP contribution in [0.2, 0.25) is 0 Å².